The molecule has 0 radical (unpaired) electrons. The minimum Gasteiger partial charge on any atom is -0.326 e. The Morgan fingerprint density at radius 1 is 1.03 bits per heavy atom. The number of rotatable bonds is 6. The van der Waals surface area contributed by atoms with Gasteiger partial charge in [-0.1, -0.05) is 26.0 Å². The molecule has 2 aromatic carbocycles. The highest BCUT2D eigenvalue weighted by Gasteiger charge is 2.27. The average molecular weight is 470 g/mol. The van der Waals surface area contributed by atoms with E-state index in [-0.39, 0.29) is 22.6 Å². The van der Waals surface area contributed by atoms with Crippen molar-refractivity contribution in [1.29, 1.82) is 0 Å². The van der Waals surface area contributed by atoms with E-state index in [4.69, 9.17) is 0 Å². The molecule has 2 amide bonds. The molecule has 0 spiro atoms. The Kier molecular flexibility index (Phi) is 6.03. The summed E-state index contributed by atoms with van der Waals surface area (Å²) in [5.74, 6) is -0.400. The molecule has 0 saturated heterocycles. The third-order valence-corrected chi connectivity index (χ3v) is 7.42. The van der Waals surface area contributed by atoms with E-state index in [1.807, 2.05) is 17.5 Å². The third-order valence-electron chi connectivity index (χ3n) is 5.17. The lowest BCUT2D eigenvalue weighted by molar-refractivity contribution is -0.118. The second-order valence-electron chi connectivity index (χ2n) is 7.80. The van der Waals surface area contributed by atoms with E-state index in [0.717, 1.165) is 17.7 Å². The number of hydrogen-bond donors (Lipinski definition) is 2. The molecule has 1 aromatic heterocycles. The number of nitrogens with zero attached hydrogens (tertiary/aromatic N) is 1. The van der Waals surface area contributed by atoms with Gasteiger partial charge in [0.15, 0.2) is 0 Å². The maximum Gasteiger partial charge on any atom is 0.268 e. The Labute approximate surface area is 191 Å². The lowest BCUT2D eigenvalue weighted by atomic mass is 10.1. The number of hydrogen-bond acceptors (Lipinski definition) is 5. The quantitative estimate of drug-likeness (QED) is 0.561. The molecule has 4 rings (SSSR count). The van der Waals surface area contributed by atoms with Gasteiger partial charge in [-0.3, -0.25) is 14.3 Å². The smallest absolute Gasteiger partial charge is 0.268 e. The fourth-order valence-electron chi connectivity index (χ4n) is 3.41. The first kappa shape index (κ1) is 22.0. The molecule has 1 aliphatic heterocycles. The van der Waals surface area contributed by atoms with Crippen LogP contribution in [0.2, 0.25) is 0 Å². The van der Waals surface area contributed by atoms with Crippen molar-refractivity contribution >= 4 is 50.2 Å². The molecule has 32 heavy (non-hydrogen) atoms. The van der Waals surface area contributed by atoms with E-state index >= 15 is 0 Å². The molecule has 9 heteroatoms. The minimum absolute atomic E-state index is 0.0760. The van der Waals surface area contributed by atoms with Crippen LogP contribution in [0.25, 0.3) is 0 Å². The van der Waals surface area contributed by atoms with Crippen LogP contribution in [0.1, 0.15) is 29.1 Å². The van der Waals surface area contributed by atoms with Crippen LogP contribution < -0.4 is 14.9 Å². The lowest BCUT2D eigenvalue weighted by Crippen LogP contribution is -2.28. The van der Waals surface area contributed by atoms with Crippen LogP contribution >= 0.6 is 11.3 Å². The number of amides is 2. The van der Waals surface area contributed by atoms with Crippen molar-refractivity contribution in [3.63, 3.8) is 0 Å². The summed E-state index contributed by atoms with van der Waals surface area (Å²) in [5, 5.41) is 4.59. The molecule has 2 N–H and O–H groups in total. The first-order valence-corrected chi connectivity index (χ1v) is 12.5. The lowest BCUT2D eigenvalue weighted by Gasteiger charge is -2.17. The SMILES string of the molecule is CC(C)C(=O)Nc1ccc(S(=O)(=O)Nc2ccc3c(c2)N(C(=O)c2cccs2)CC3)cc1. The van der Waals surface area contributed by atoms with E-state index in [1.165, 1.54) is 23.5 Å². The first-order chi connectivity index (χ1) is 15.2. The zero-order valence-electron chi connectivity index (χ0n) is 17.7. The highest BCUT2D eigenvalue weighted by atomic mass is 32.2. The number of nitrogens with one attached hydrogen (secondary N) is 2. The molecule has 1 aliphatic rings. The van der Waals surface area contributed by atoms with Crippen LogP contribution in [0.15, 0.2) is 64.9 Å². The van der Waals surface area contributed by atoms with Gasteiger partial charge in [0.1, 0.15) is 0 Å². The maximum absolute atomic E-state index is 12.9. The monoisotopic (exact) mass is 469 g/mol. The molecule has 0 saturated carbocycles. The van der Waals surface area contributed by atoms with Gasteiger partial charge in [-0.25, -0.2) is 8.42 Å². The second-order valence-corrected chi connectivity index (χ2v) is 10.4. The van der Waals surface area contributed by atoms with Gasteiger partial charge in [-0.05, 0) is 59.8 Å². The van der Waals surface area contributed by atoms with Gasteiger partial charge in [-0.15, -0.1) is 11.3 Å². The van der Waals surface area contributed by atoms with E-state index in [2.05, 4.69) is 10.0 Å². The van der Waals surface area contributed by atoms with Gasteiger partial charge >= 0.3 is 0 Å². The summed E-state index contributed by atoms with van der Waals surface area (Å²) in [4.78, 5) is 27.0. The highest BCUT2D eigenvalue weighted by molar-refractivity contribution is 7.92. The van der Waals surface area contributed by atoms with E-state index in [1.54, 1.807) is 49.1 Å². The third kappa shape index (κ3) is 4.53. The zero-order chi connectivity index (χ0) is 22.9. The summed E-state index contributed by atoms with van der Waals surface area (Å²) in [7, 11) is -3.84. The molecule has 0 unspecified atom stereocenters. The first-order valence-electron chi connectivity index (χ1n) is 10.2. The number of fused-ring (bicyclic) bond motifs is 1. The van der Waals surface area contributed by atoms with Crippen molar-refractivity contribution < 1.29 is 18.0 Å². The summed E-state index contributed by atoms with van der Waals surface area (Å²) in [6.07, 6.45) is 0.725. The molecule has 0 aliphatic carbocycles. The van der Waals surface area contributed by atoms with Gasteiger partial charge in [0.05, 0.1) is 15.5 Å². The van der Waals surface area contributed by atoms with Crippen molar-refractivity contribution in [3.05, 3.63) is 70.4 Å². The molecular weight excluding hydrogens is 446 g/mol. The molecule has 0 bridgehead atoms. The molecule has 3 aromatic rings. The largest absolute Gasteiger partial charge is 0.326 e. The standard InChI is InChI=1S/C23H23N3O4S2/c1-15(2)22(27)24-17-7-9-19(10-8-17)32(29,30)25-18-6-5-16-11-12-26(20(16)14-18)23(28)21-4-3-13-31-21/h3-10,13-15,25H,11-12H2,1-2H3,(H,24,27). The molecule has 7 nitrogen and oxygen atoms in total. The van der Waals surface area contributed by atoms with E-state index < -0.39 is 10.0 Å². The molecule has 0 atom stereocenters. The molecule has 0 fully saturated rings. The Hall–Kier alpha value is -3.17. The molecule has 166 valence electrons. The summed E-state index contributed by atoms with van der Waals surface area (Å²) >= 11 is 1.38. The van der Waals surface area contributed by atoms with Crippen molar-refractivity contribution in [2.45, 2.75) is 25.2 Å². The Balaban J connectivity index is 1.52. The fourth-order valence-corrected chi connectivity index (χ4v) is 5.13. The summed E-state index contributed by atoms with van der Waals surface area (Å²) < 4.78 is 28.3. The number of thiophene rings is 1. The van der Waals surface area contributed by atoms with Gasteiger partial charge in [-0.2, -0.15) is 0 Å². The minimum atomic E-state index is -3.84. The number of carbonyl (C=O) groups excluding carboxylic acids is 2. The number of benzene rings is 2. The van der Waals surface area contributed by atoms with Crippen LogP contribution in [-0.2, 0) is 21.2 Å². The average Bonchev–Trinajstić information content (AvgIpc) is 3.43. The molecular formula is C23H23N3O4S2. The van der Waals surface area contributed by atoms with Crippen LogP contribution in [0, 0.1) is 5.92 Å². The summed E-state index contributed by atoms with van der Waals surface area (Å²) in [5.41, 5.74) is 2.63. The van der Waals surface area contributed by atoms with Gasteiger partial charge in [0.2, 0.25) is 5.91 Å². The Bertz CT molecular complexity index is 1250. The predicted molar refractivity (Wildman–Crippen MR) is 127 cm³/mol. The normalized spacial score (nSPS) is 13.2. The van der Waals surface area contributed by atoms with Crippen molar-refractivity contribution in [3.8, 4) is 0 Å². The van der Waals surface area contributed by atoms with E-state index in [9.17, 15) is 18.0 Å². The van der Waals surface area contributed by atoms with Crippen LogP contribution in [-0.4, -0.2) is 26.8 Å². The maximum atomic E-state index is 12.9. The zero-order valence-corrected chi connectivity index (χ0v) is 19.3. The van der Waals surface area contributed by atoms with Crippen LogP contribution in [0.3, 0.4) is 0 Å². The molecule has 2 heterocycles. The Morgan fingerprint density at radius 3 is 2.41 bits per heavy atom. The number of carbonyl (C=O) groups is 2. The van der Waals surface area contributed by atoms with Crippen molar-refractivity contribution in [2.75, 3.05) is 21.5 Å². The summed E-state index contributed by atoms with van der Waals surface area (Å²) in [6, 6.07) is 14.9. The van der Waals surface area contributed by atoms with Crippen LogP contribution in [0.4, 0.5) is 17.1 Å². The Morgan fingerprint density at radius 2 is 1.75 bits per heavy atom. The van der Waals surface area contributed by atoms with Gasteiger partial charge < -0.3 is 10.2 Å². The van der Waals surface area contributed by atoms with Crippen LogP contribution in [0.5, 0.6) is 0 Å². The summed E-state index contributed by atoms with van der Waals surface area (Å²) in [6.45, 7) is 4.12. The topological polar surface area (TPSA) is 95.6 Å². The van der Waals surface area contributed by atoms with E-state index in [0.29, 0.717) is 22.8 Å². The van der Waals surface area contributed by atoms with Gasteiger partial charge in [0.25, 0.3) is 15.9 Å². The fraction of sp³-hybridized carbons (Fsp3) is 0.217. The van der Waals surface area contributed by atoms with Crippen molar-refractivity contribution in [1.82, 2.24) is 0 Å². The number of anilines is 3. The number of sulfonamides is 1. The second kappa shape index (κ2) is 8.76. The van der Waals surface area contributed by atoms with Crippen molar-refractivity contribution in [2.24, 2.45) is 5.92 Å². The predicted octanol–water partition coefficient (Wildman–Crippen LogP) is 4.35. The highest BCUT2D eigenvalue weighted by Crippen LogP contribution is 2.33. The van der Waals surface area contributed by atoms with Gasteiger partial charge in [0, 0.05) is 23.8 Å².